The fourth-order valence-electron chi connectivity index (χ4n) is 1.51. The van der Waals surface area contributed by atoms with E-state index in [-0.39, 0.29) is 11.9 Å². The van der Waals surface area contributed by atoms with Crippen LogP contribution in [0, 0.1) is 12.7 Å². The lowest BCUT2D eigenvalue weighted by Gasteiger charge is -2.00. The third kappa shape index (κ3) is 2.12. The minimum Gasteiger partial charge on any atom is -0.439 e. The number of aryl methyl sites for hydroxylation is 1. The summed E-state index contributed by atoms with van der Waals surface area (Å²) < 4.78 is 18.6. The van der Waals surface area contributed by atoms with E-state index in [4.69, 9.17) is 10.2 Å². The van der Waals surface area contributed by atoms with Crippen molar-refractivity contribution in [1.29, 1.82) is 0 Å². The summed E-state index contributed by atoms with van der Waals surface area (Å²) in [5, 5.41) is 0. The molecule has 0 aliphatic rings. The molecule has 1 aromatic heterocycles. The van der Waals surface area contributed by atoms with Gasteiger partial charge in [0.2, 0.25) is 5.89 Å². The highest BCUT2D eigenvalue weighted by molar-refractivity contribution is 5.57. The molecule has 1 unspecified atom stereocenters. The van der Waals surface area contributed by atoms with Crippen molar-refractivity contribution >= 4 is 0 Å². The summed E-state index contributed by atoms with van der Waals surface area (Å²) in [7, 11) is 0. The van der Waals surface area contributed by atoms with Gasteiger partial charge in [0.05, 0.1) is 12.2 Å². The Balaban J connectivity index is 2.42. The first-order valence-corrected chi connectivity index (χ1v) is 5.05. The van der Waals surface area contributed by atoms with Gasteiger partial charge in [-0.1, -0.05) is 0 Å². The molecule has 0 aliphatic heterocycles. The lowest BCUT2D eigenvalue weighted by molar-refractivity contribution is 0.473. The average Bonchev–Trinajstić information content (AvgIpc) is 2.64. The van der Waals surface area contributed by atoms with Crippen LogP contribution < -0.4 is 5.73 Å². The fraction of sp³-hybridized carbons (Fsp3) is 0.250. The lowest BCUT2D eigenvalue weighted by atomic mass is 10.1. The first-order chi connectivity index (χ1) is 7.56. The molecule has 2 N–H and O–H groups in total. The summed E-state index contributed by atoms with van der Waals surface area (Å²) >= 11 is 0. The van der Waals surface area contributed by atoms with Gasteiger partial charge in [-0.2, -0.15) is 0 Å². The Labute approximate surface area is 93.1 Å². The highest BCUT2D eigenvalue weighted by Crippen LogP contribution is 2.24. The second kappa shape index (κ2) is 4.06. The molecule has 0 aliphatic carbocycles. The largest absolute Gasteiger partial charge is 0.439 e. The van der Waals surface area contributed by atoms with Crippen molar-refractivity contribution in [1.82, 2.24) is 4.98 Å². The van der Waals surface area contributed by atoms with Crippen LogP contribution in [0.25, 0.3) is 11.3 Å². The average molecular weight is 220 g/mol. The Morgan fingerprint density at radius 1 is 1.38 bits per heavy atom. The number of aromatic nitrogens is 1. The van der Waals surface area contributed by atoms with Crippen molar-refractivity contribution in [2.24, 2.45) is 5.73 Å². The molecule has 1 aromatic carbocycles. The summed E-state index contributed by atoms with van der Waals surface area (Å²) in [6.07, 6.45) is 1.56. The van der Waals surface area contributed by atoms with Crippen molar-refractivity contribution < 1.29 is 8.81 Å². The molecule has 2 rings (SSSR count). The molecule has 4 heteroatoms. The first kappa shape index (κ1) is 10.8. The zero-order valence-corrected chi connectivity index (χ0v) is 9.20. The molecule has 1 atom stereocenters. The minimum atomic E-state index is -0.284. The summed E-state index contributed by atoms with van der Waals surface area (Å²) in [6.45, 7) is 3.61. The Morgan fingerprint density at radius 2 is 2.12 bits per heavy atom. The van der Waals surface area contributed by atoms with Gasteiger partial charge in [0.15, 0.2) is 5.76 Å². The van der Waals surface area contributed by atoms with E-state index in [0.717, 1.165) is 5.56 Å². The summed E-state index contributed by atoms with van der Waals surface area (Å²) in [5.41, 5.74) is 7.15. The van der Waals surface area contributed by atoms with Crippen LogP contribution in [0.2, 0.25) is 0 Å². The van der Waals surface area contributed by atoms with Gasteiger partial charge in [-0.15, -0.1) is 0 Å². The maximum Gasteiger partial charge on any atom is 0.211 e. The predicted octanol–water partition coefficient (Wildman–Crippen LogP) is 2.81. The van der Waals surface area contributed by atoms with Gasteiger partial charge in [-0.25, -0.2) is 9.37 Å². The highest BCUT2D eigenvalue weighted by atomic mass is 19.1. The molecule has 0 bridgehead atoms. The number of rotatable bonds is 2. The van der Waals surface area contributed by atoms with E-state index in [1.54, 1.807) is 13.1 Å². The van der Waals surface area contributed by atoms with Crippen molar-refractivity contribution in [3.63, 3.8) is 0 Å². The van der Waals surface area contributed by atoms with Crippen LogP contribution in [0.3, 0.4) is 0 Å². The van der Waals surface area contributed by atoms with Crippen molar-refractivity contribution in [3.8, 4) is 11.3 Å². The summed E-state index contributed by atoms with van der Waals surface area (Å²) in [6, 6.07) is 4.46. The maximum absolute atomic E-state index is 13.2. The van der Waals surface area contributed by atoms with Crippen LogP contribution >= 0.6 is 0 Å². The molecular weight excluding hydrogens is 207 g/mol. The maximum atomic E-state index is 13.2. The Bertz CT molecular complexity index is 485. The van der Waals surface area contributed by atoms with E-state index in [2.05, 4.69) is 4.98 Å². The van der Waals surface area contributed by atoms with Gasteiger partial charge < -0.3 is 10.2 Å². The molecule has 2 aromatic rings. The molecule has 0 saturated carbocycles. The van der Waals surface area contributed by atoms with Gasteiger partial charge in [0, 0.05) is 5.56 Å². The quantitative estimate of drug-likeness (QED) is 0.846. The first-order valence-electron chi connectivity index (χ1n) is 5.05. The number of hydrogen-bond donors (Lipinski definition) is 1. The van der Waals surface area contributed by atoms with Crippen LogP contribution in [-0.4, -0.2) is 4.98 Å². The smallest absolute Gasteiger partial charge is 0.211 e. The molecule has 16 heavy (non-hydrogen) atoms. The number of benzene rings is 1. The second-order valence-electron chi connectivity index (χ2n) is 3.87. The van der Waals surface area contributed by atoms with Gasteiger partial charge in [0.1, 0.15) is 5.82 Å². The SMILES string of the molecule is Cc1cc(F)cc(-c2cnc(C(C)N)o2)c1. The lowest BCUT2D eigenvalue weighted by Crippen LogP contribution is -2.04. The third-order valence-electron chi connectivity index (χ3n) is 2.24. The topological polar surface area (TPSA) is 52.0 Å². The van der Waals surface area contributed by atoms with Gasteiger partial charge in [-0.05, 0) is 37.6 Å². The highest BCUT2D eigenvalue weighted by Gasteiger charge is 2.10. The zero-order chi connectivity index (χ0) is 11.7. The van der Waals surface area contributed by atoms with Crippen LogP contribution in [0.4, 0.5) is 4.39 Å². The molecule has 1 heterocycles. The Morgan fingerprint density at radius 3 is 2.69 bits per heavy atom. The van der Waals surface area contributed by atoms with Crippen LogP contribution in [0.15, 0.2) is 28.8 Å². The summed E-state index contributed by atoms with van der Waals surface area (Å²) in [5.74, 6) is 0.709. The monoisotopic (exact) mass is 220 g/mol. The zero-order valence-electron chi connectivity index (χ0n) is 9.20. The van der Waals surface area contributed by atoms with Crippen LogP contribution in [0.1, 0.15) is 24.4 Å². The van der Waals surface area contributed by atoms with E-state index in [1.165, 1.54) is 12.1 Å². The normalized spacial score (nSPS) is 12.8. The number of hydrogen-bond acceptors (Lipinski definition) is 3. The number of nitrogens with zero attached hydrogens (tertiary/aromatic N) is 1. The van der Waals surface area contributed by atoms with E-state index >= 15 is 0 Å². The fourth-order valence-corrected chi connectivity index (χ4v) is 1.51. The van der Waals surface area contributed by atoms with E-state index < -0.39 is 0 Å². The minimum absolute atomic E-state index is 0.261. The Hall–Kier alpha value is -1.68. The molecular formula is C12H13FN2O. The molecule has 0 amide bonds. The van der Waals surface area contributed by atoms with Crippen molar-refractivity contribution in [2.45, 2.75) is 19.9 Å². The van der Waals surface area contributed by atoms with Crippen molar-refractivity contribution in [3.05, 3.63) is 41.7 Å². The second-order valence-corrected chi connectivity index (χ2v) is 3.87. The van der Waals surface area contributed by atoms with Crippen molar-refractivity contribution in [2.75, 3.05) is 0 Å². The van der Waals surface area contributed by atoms with Gasteiger partial charge in [0.25, 0.3) is 0 Å². The van der Waals surface area contributed by atoms with E-state index in [9.17, 15) is 4.39 Å². The van der Waals surface area contributed by atoms with E-state index in [1.807, 2.05) is 13.0 Å². The standard InChI is InChI=1S/C12H13FN2O/c1-7-3-9(5-10(13)4-7)11-6-15-12(16-11)8(2)14/h3-6,8H,14H2,1-2H3. The Kier molecular flexibility index (Phi) is 2.75. The van der Waals surface area contributed by atoms with Gasteiger partial charge in [-0.3, -0.25) is 0 Å². The summed E-state index contributed by atoms with van der Waals surface area (Å²) in [4.78, 5) is 4.04. The van der Waals surface area contributed by atoms with Gasteiger partial charge >= 0.3 is 0 Å². The van der Waals surface area contributed by atoms with E-state index in [0.29, 0.717) is 17.2 Å². The predicted molar refractivity (Wildman–Crippen MR) is 59.2 cm³/mol. The molecule has 0 radical (unpaired) electrons. The molecule has 0 fully saturated rings. The molecule has 0 saturated heterocycles. The van der Waals surface area contributed by atoms with Crippen LogP contribution in [-0.2, 0) is 0 Å². The van der Waals surface area contributed by atoms with Crippen LogP contribution in [0.5, 0.6) is 0 Å². The third-order valence-corrected chi connectivity index (χ3v) is 2.24. The molecule has 0 spiro atoms. The molecule has 3 nitrogen and oxygen atoms in total. The number of nitrogens with two attached hydrogens (primary N) is 1. The molecule has 84 valence electrons. The number of oxazole rings is 1. The number of halogens is 1.